The Kier molecular flexibility index (Phi) is 3.49. The number of benzene rings is 1. The second kappa shape index (κ2) is 5.55. The fourth-order valence-corrected chi connectivity index (χ4v) is 3.79. The molecule has 0 radical (unpaired) electrons. The van der Waals surface area contributed by atoms with Crippen LogP contribution in [0.25, 0.3) is 11.0 Å². The molecule has 1 aromatic heterocycles. The lowest BCUT2D eigenvalue weighted by Gasteiger charge is -2.41. The van der Waals surface area contributed by atoms with Gasteiger partial charge >= 0.3 is 5.97 Å². The van der Waals surface area contributed by atoms with E-state index in [0.29, 0.717) is 34.6 Å². The van der Waals surface area contributed by atoms with Crippen LogP contribution >= 0.6 is 15.9 Å². The number of carboxylic acids is 1. The molecule has 7 nitrogen and oxygen atoms in total. The Bertz CT molecular complexity index is 897. The average Bonchev–Trinajstić information content (AvgIpc) is 3.06. The second-order valence-electron chi connectivity index (χ2n) is 5.65. The van der Waals surface area contributed by atoms with Crippen molar-refractivity contribution in [1.82, 2.24) is 14.9 Å². The molecule has 4 rings (SSSR count). The highest BCUT2D eigenvalue weighted by atomic mass is 79.9. The van der Waals surface area contributed by atoms with Crippen LogP contribution in [-0.2, 0) is 4.79 Å². The first kappa shape index (κ1) is 15.1. The maximum atomic E-state index is 11.8. The summed E-state index contributed by atoms with van der Waals surface area (Å²) in [7, 11) is 0. The zero-order valence-corrected chi connectivity index (χ0v) is 14.3. The molecule has 1 saturated heterocycles. The number of carbonyl (C=O) groups is 1. The van der Waals surface area contributed by atoms with Crippen molar-refractivity contribution in [3.63, 3.8) is 0 Å². The van der Waals surface area contributed by atoms with Gasteiger partial charge in [0.15, 0.2) is 0 Å². The number of guanidine groups is 1. The molecule has 2 aliphatic heterocycles. The molecule has 2 aliphatic rings. The zero-order valence-electron chi connectivity index (χ0n) is 12.7. The van der Waals surface area contributed by atoms with E-state index >= 15 is 0 Å². The van der Waals surface area contributed by atoms with E-state index in [0.717, 1.165) is 17.8 Å². The van der Waals surface area contributed by atoms with E-state index in [4.69, 9.17) is 0 Å². The molecule has 1 N–H and O–H groups in total. The summed E-state index contributed by atoms with van der Waals surface area (Å²) in [6.45, 7) is 5.36. The predicted octanol–water partition coefficient (Wildman–Crippen LogP) is 2.24. The van der Waals surface area contributed by atoms with Crippen LogP contribution in [0, 0.1) is 0 Å². The van der Waals surface area contributed by atoms with Crippen molar-refractivity contribution in [3.8, 4) is 0 Å². The Morgan fingerprint density at radius 2 is 2.12 bits per heavy atom. The van der Waals surface area contributed by atoms with Crippen LogP contribution in [0.1, 0.15) is 6.42 Å². The topological polar surface area (TPSA) is 81.9 Å². The molecule has 1 unspecified atom stereocenters. The number of anilines is 1. The predicted molar refractivity (Wildman–Crippen MR) is 93.9 cm³/mol. The van der Waals surface area contributed by atoms with Crippen LogP contribution in [0.4, 0.5) is 5.69 Å². The number of fused-ring (bicyclic) bond motifs is 2. The third-order valence-electron chi connectivity index (χ3n) is 4.26. The van der Waals surface area contributed by atoms with Gasteiger partial charge in [-0.25, -0.2) is 4.79 Å². The summed E-state index contributed by atoms with van der Waals surface area (Å²) in [6, 6.07) is 2.94. The largest absolute Gasteiger partial charge is 0.480 e. The molecule has 1 fully saturated rings. The molecule has 0 amide bonds. The van der Waals surface area contributed by atoms with Gasteiger partial charge in [0.1, 0.15) is 11.6 Å². The molecular formula is C16H14BrN5O2. The van der Waals surface area contributed by atoms with E-state index < -0.39 is 12.0 Å². The molecule has 3 heterocycles. The molecule has 8 heteroatoms. The number of carboxylic acid groups (broad SMARTS) is 1. The van der Waals surface area contributed by atoms with Crippen molar-refractivity contribution in [2.75, 3.05) is 18.0 Å². The Labute approximate surface area is 146 Å². The lowest BCUT2D eigenvalue weighted by atomic mass is 10.1. The summed E-state index contributed by atoms with van der Waals surface area (Å²) in [5.41, 5.74) is 2.93. The standard InChI is InChI=1S/C16H14BrN5O2/c1-9-8-12(15(23)24)22(16-20-6-7-21(9)16)11-3-2-10-14(13(11)17)19-5-4-18-10/h2-5,12H,1,6-8H2,(H,23,24). The van der Waals surface area contributed by atoms with Crippen LogP contribution < -0.4 is 4.90 Å². The van der Waals surface area contributed by atoms with E-state index in [-0.39, 0.29) is 0 Å². The zero-order chi connectivity index (χ0) is 16.8. The molecule has 0 spiro atoms. The van der Waals surface area contributed by atoms with Crippen molar-refractivity contribution in [1.29, 1.82) is 0 Å². The van der Waals surface area contributed by atoms with Gasteiger partial charge in [-0.3, -0.25) is 19.9 Å². The maximum absolute atomic E-state index is 11.8. The number of nitrogens with zero attached hydrogens (tertiary/aromatic N) is 5. The Balaban J connectivity index is 1.90. The number of halogens is 1. The summed E-state index contributed by atoms with van der Waals surface area (Å²) in [5.74, 6) is -0.279. The minimum Gasteiger partial charge on any atom is -0.480 e. The number of aliphatic imine (C=N–C) groups is 1. The molecule has 0 bridgehead atoms. The third-order valence-corrected chi connectivity index (χ3v) is 5.04. The molecule has 0 aliphatic carbocycles. The number of aromatic nitrogens is 2. The quantitative estimate of drug-likeness (QED) is 0.850. The normalized spacial score (nSPS) is 20.3. The van der Waals surface area contributed by atoms with E-state index in [9.17, 15) is 9.90 Å². The molecule has 0 saturated carbocycles. The van der Waals surface area contributed by atoms with E-state index in [1.165, 1.54) is 0 Å². The number of hydrogen-bond acceptors (Lipinski definition) is 6. The minimum absolute atomic E-state index is 0.347. The lowest BCUT2D eigenvalue weighted by molar-refractivity contribution is -0.138. The Morgan fingerprint density at radius 1 is 1.33 bits per heavy atom. The van der Waals surface area contributed by atoms with Crippen LogP contribution in [0.15, 0.2) is 46.3 Å². The first-order chi connectivity index (χ1) is 11.6. The molecule has 1 atom stereocenters. The van der Waals surface area contributed by atoms with E-state index in [2.05, 4.69) is 37.5 Å². The van der Waals surface area contributed by atoms with Crippen LogP contribution in [0.5, 0.6) is 0 Å². The molecule has 2 aromatic rings. The SMILES string of the molecule is C=C1CC(C(=O)O)N(c2ccc3nccnc3c2Br)C2=NCCN12. The van der Waals surface area contributed by atoms with Crippen molar-refractivity contribution in [3.05, 3.63) is 41.3 Å². The van der Waals surface area contributed by atoms with Crippen molar-refractivity contribution in [2.24, 2.45) is 4.99 Å². The molecule has 1 aromatic carbocycles. The van der Waals surface area contributed by atoms with E-state index in [1.54, 1.807) is 17.3 Å². The van der Waals surface area contributed by atoms with Gasteiger partial charge in [0, 0.05) is 31.1 Å². The summed E-state index contributed by atoms with van der Waals surface area (Å²) in [5, 5.41) is 9.71. The van der Waals surface area contributed by atoms with Gasteiger partial charge in [0.2, 0.25) is 5.96 Å². The monoisotopic (exact) mass is 387 g/mol. The van der Waals surface area contributed by atoms with Crippen molar-refractivity contribution >= 4 is 44.6 Å². The number of rotatable bonds is 2. The smallest absolute Gasteiger partial charge is 0.327 e. The lowest BCUT2D eigenvalue weighted by Crippen LogP contribution is -2.55. The summed E-state index contributed by atoms with van der Waals surface area (Å²) >= 11 is 3.57. The van der Waals surface area contributed by atoms with Crippen molar-refractivity contribution in [2.45, 2.75) is 12.5 Å². The van der Waals surface area contributed by atoms with Gasteiger partial charge in [0.25, 0.3) is 0 Å². The second-order valence-corrected chi connectivity index (χ2v) is 6.44. The summed E-state index contributed by atoms with van der Waals surface area (Å²) in [4.78, 5) is 28.7. The Morgan fingerprint density at radius 3 is 2.92 bits per heavy atom. The highest BCUT2D eigenvalue weighted by Crippen LogP contribution is 2.38. The average molecular weight is 388 g/mol. The summed E-state index contributed by atoms with van der Waals surface area (Å²) in [6.07, 6.45) is 3.59. The van der Waals surface area contributed by atoms with E-state index in [1.807, 2.05) is 17.0 Å². The van der Waals surface area contributed by atoms with Crippen LogP contribution in [-0.4, -0.2) is 51.0 Å². The van der Waals surface area contributed by atoms with Gasteiger partial charge in [-0.15, -0.1) is 0 Å². The van der Waals surface area contributed by atoms with Gasteiger partial charge in [0.05, 0.1) is 22.2 Å². The van der Waals surface area contributed by atoms with Gasteiger partial charge in [-0.05, 0) is 28.1 Å². The highest BCUT2D eigenvalue weighted by Gasteiger charge is 2.41. The first-order valence-electron chi connectivity index (χ1n) is 7.49. The van der Waals surface area contributed by atoms with Crippen LogP contribution in [0.3, 0.4) is 0 Å². The molecule has 122 valence electrons. The van der Waals surface area contributed by atoms with Gasteiger partial charge < -0.3 is 10.0 Å². The van der Waals surface area contributed by atoms with Gasteiger partial charge in [-0.1, -0.05) is 6.58 Å². The molecular weight excluding hydrogens is 374 g/mol. The fraction of sp³-hybridized carbons (Fsp3) is 0.250. The van der Waals surface area contributed by atoms with Gasteiger partial charge in [-0.2, -0.15) is 0 Å². The molecule has 24 heavy (non-hydrogen) atoms. The number of aliphatic carboxylic acids is 1. The van der Waals surface area contributed by atoms with Crippen LogP contribution in [0.2, 0.25) is 0 Å². The Hall–Kier alpha value is -2.48. The van der Waals surface area contributed by atoms with Crippen molar-refractivity contribution < 1.29 is 9.90 Å². The first-order valence-corrected chi connectivity index (χ1v) is 8.28. The third kappa shape index (κ3) is 2.17. The highest BCUT2D eigenvalue weighted by molar-refractivity contribution is 9.10. The number of hydrogen-bond donors (Lipinski definition) is 1. The summed E-state index contributed by atoms with van der Waals surface area (Å²) < 4.78 is 0.710. The minimum atomic E-state index is -0.906. The maximum Gasteiger partial charge on any atom is 0.327 e. The fourth-order valence-electron chi connectivity index (χ4n) is 3.16.